The quantitative estimate of drug-likeness (QED) is 0.210. The van der Waals surface area contributed by atoms with Crippen molar-refractivity contribution in [1.82, 2.24) is 0 Å². The van der Waals surface area contributed by atoms with Crippen LogP contribution in [0.3, 0.4) is 0 Å². The number of hydrogen-bond acceptors (Lipinski definition) is 5. The van der Waals surface area contributed by atoms with Gasteiger partial charge in [0.2, 0.25) is 0 Å². The van der Waals surface area contributed by atoms with Gasteiger partial charge >= 0.3 is 0 Å². The van der Waals surface area contributed by atoms with E-state index in [4.69, 9.17) is 4.74 Å². The molecule has 0 aromatic heterocycles. The number of aliphatic hydroxyl groups excluding tert-OH is 4. The highest BCUT2D eigenvalue weighted by Crippen LogP contribution is 2.73. The summed E-state index contributed by atoms with van der Waals surface area (Å²) in [6, 6.07) is 0. The maximum Gasteiger partial charge on any atom is 0.0656 e. The van der Waals surface area contributed by atoms with Gasteiger partial charge in [-0.25, -0.2) is 0 Å². The first-order valence-electron chi connectivity index (χ1n) is 20.1. The standard InChI is InChI=1S/C42H76O5/c1-12-47-33-18-15-28(19-29(33)14-16-30(44)21-39(6,7)8)31-17-13-24(2)35-32(31)22-40(9)23-41(10)20-25(3)34(27(5)43)38(46)42(41,11)26(4)36(40)37(35)45/h24-38,43-46H,12-23H2,1-11H3/t24?,25?,26?,27?,28?,29?,30?,31?,32?,33?,34?,35?,36?,37?,38?,40-,41+,42+/m0/s1. The maximum absolute atomic E-state index is 12.6. The van der Waals surface area contributed by atoms with Crippen molar-refractivity contribution in [2.45, 2.75) is 177 Å². The topological polar surface area (TPSA) is 90.2 Å². The van der Waals surface area contributed by atoms with E-state index in [1.807, 2.05) is 6.92 Å². The largest absolute Gasteiger partial charge is 0.393 e. The summed E-state index contributed by atoms with van der Waals surface area (Å²) < 4.78 is 6.36. The van der Waals surface area contributed by atoms with Crippen molar-refractivity contribution in [1.29, 1.82) is 0 Å². The fraction of sp³-hybridized carbons (Fsp3) is 1.00. The number of hydrogen-bond donors (Lipinski definition) is 4. The summed E-state index contributed by atoms with van der Waals surface area (Å²) >= 11 is 0. The minimum atomic E-state index is -0.573. The molecule has 5 nitrogen and oxygen atoms in total. The van der Waals surface area contributed by atoms with Crippen LogP contribution < -0.4 is 0 Å². The molecule has 5 rings (SSSR count). The zero-order valence-corrected chi connectivity index (χ0v) is 32.3. The van der Waals surface area contributed by atoms with Gasteiger partial charge in [-0.3, -0.25) is 0 Å². The molecule has 0 aliphatic heterocycles. The van der Waals surface area contributed by atoms with Crippen LogP contribution in [0.2, 0.25) is 0 Å². The third-order valence-electron chi connectivity index (χ3n) is 16.1. The van der Waals surface area contributed by atoms with E-state index in [9.17, 15) is 20.4 Å². The molecule has 0 radical (unpaired) electrons. The Balaban J connectivity index is 1.40. The van der Waals surface area contributed by atoms with E-state index in [1.165, 1.54) is 32.1 Å². The van der Waals surface area contributed by atoms with Crippen LogP contribution in [-0.2, 0) is 4.74 Å². The molecule has 5 fully saturated rings. The number of fused-ring (bicyclic) bond motifs is 3. The second-order valence-corrected chi connectivity index (χ2v) is 20.4. The summed E-state index contributed by atoms with van der Waals surface area (Å²) in [5.74, 6) is 3.62. The van der Waals surface area contributed by atoms with Crippen molar-refractivity contribution in [2.24, 2.45) is 80.8 Å². The van der Waals surface area contributed by atoms with Gasteiger partial charge in [0.25, 0.3) is 0 Å². The van der Waals surface area contributed by atoms with Gasteiger partial charge < -0.3 is 25.2 Å². The summed E-state index contributed by atoms with van der Waals surface area (Å²) in [4.78, 5) is 0. The SMILES string of the molecule is CCOC1CCC(C2CCC(C)C3C(O)C4C(C)[C@]5(C)C(O)C(C(C)O)C(C)C[C@]5(C)C[C@]4(C)CC23)CC1CCC(O)CC(C)(C)C. The molecule has 5 heteroatoms. The van der Waals surface area contributed by atoms with Gasteiger partial charge in [-0.15, -0.1) is 0 Å². The molecule has 0 spiro atoms. The molecule has 274 valence electrons. The van der Waals surface area contributed by atoms with E-state index in [-0.39, 0.29) is 57.5 Å². The van der Waals surface area contributed by atoms with E-state index in [2.05, 4.69) is 69.2 Å². The van der Waals surface area contributed by atoms with Crippen LogP contribution in [0.5, 0.6) is 0 Å². The zero-order chi connectivity index (χ0) is 34.9. The van der Waals surface area contributed by atoms with Gasteiger partial charge in [0.15, 0.2) is 0 Å². The first-order valence-corrected chi connectivity index (χ1v) is 20.1. The molecule has 0 amide bonds. The molecule has 18 atom stereocenters. The van der Waals surface area contributed by atoms with E-state index in [0.717, 1.165) is 45.1 Å². The minimum Gasteiger partial charge on any atom is -0.393 e. The maximum atomic E-state index is 12.6. The molecule has 0 aromatic rings. The molecule has 0 heterocycles. The van der Waals surface area contributed by atoms with Crippen LogP contribution >= 0.6 is 0 Å². The van der Waals surface area contributed by atoms with Gasteiger partial charge in [-0.05, 0) is 148 Å². The second-order valence-electron chi connectivity index (χ2n) is 20.4. The van der Waals surface area contributed by atoms with Crippen molar-refractivity contribution >= 4 is 0 Å². The molecule has 0 aromatic carbocycles. The highest BCUT2D eigenvalue weighted by molar-refractivity contribution is 5.18. The molecule has 47 heavy (non-hydrogen) atoms. The van der Waals surface area contributed by atoms with E-state index >= 15 is 0 Å². The predicted octanol–water partition coefficient (Wildman–Crippen LogP) is 8.50. The molecule has 15 unspecified atom stereocenters. The van der Waals surface area contributed by atoms with Gasteiger partial charge in [0.05, 0.1) is 30.5 Å². The zero-order valence-electron chi connectivity index (χ0n) is 32.3. The fourth-order valence-corrected chi connectivity index (χ4v) is 14.3. The third kappa shape index (κ3) is 6.78. The number of aliphatic hydroxyl groups is 4. The van der Waals surface area contributed by atoms with E-state index in [0.29, 0.717) is 41.6 Å². The monoisotopic (exact) mass is 661 g/mol. The lowest BCUT2D eigenvalue weighted by molar-refractivity contribution is -0.280. The third-order valence-corrected chi connectivity index (χ3v) is 16.1. The fourth-order valence-electron chi connectivity index (χ4n) is 14.3. The Labute approximate surface area is 289 Å². The molecule has 5 saturated carbocycles. The van der Waals surface area contributed by atoms with Crippen molar-refractivity contribution in [3.63, 3.8) is 0 Å². The van der Waals surface area contributed by atoms with Crippen molar-refractivity contribution in [2.75, 3.05) is 6.61 Å². The highest BCUT2D eigenvalue weighted by atomic mass is 16.5. The molecular weight excluding hydrogens is 584 g/mol. The Morgan fingerprint density at radius 3 is 2.19 bits per heavy atom. The van der Waals surface area contributed by atoms with Crippen LogP contribution in [-0.4, -0.2) is 57.6 Å². The smallest absolute Gasteiger partial charge is 0.0656 e. The van der Waals surface area contributed by atoms with Crippen molar-refractivity contribution < 1.29 is 25.2 Å². The van der Waals surface area contributed by atoms with Crippen LogP contribution in [0.4, 0.5) is 0 Å². The van der Waals surface area contributed by atoms with E-state index < -0.39 is 12.2 Å². The van der Waals surface area contributed by atoms with Gasteiger partial charge in [0.1, 0.15) is 0 Å². The Hall–Kier alpha value is -0.200. The lowest BCUT2D eigenvalue weighted by atomic mass is 9.34. The van der Waals surface area contributed by atoms with Gasteiger partial charge in [-0.1, -0.05) is 68.7 Å². The molecule has 5 aliphatic carbocycles. The Morgan fingerprint density at radius 1 is 0.894 bits per heavy atom. The first kappa shape index (κ1) is 38.0. The predicted molar refractivity (Wildman–Crippen MR) is 192 cm³/mol. The Morgan fingerprint density at radius 2 is 1.57 bits per heavy atom. The van der Waals surface area contributed by atoms with Crippen LogP contribution in [0, 0.1) is 80.8 Å². The summed E-state index contributed by atoms with van der Waals surface area (Å²) in [5.41, 5.74) is -0.230. The number of ether oxygens (including phenoxy) is 1. The molecule has 0 saturated heterocycles. The van der Waals surface area contributed by atoms with Gasteiger partial charge in [-0.2, -0.15) is 0 Å². The summed E-state index contributed by atoms with van der Waals surface area (Å²) in [6.07, 6.45) is 10.6. The highest BCUT2D eigenvalue weighted by Gasteiger charge is 2.70. The van der Waals surface area contributed by atoms with Crippen molar-refractivity contribution in [3.05, 3.63) is 0 Å². The lowest BCUT2D eigenvalue weighted by Gasteiger charge is -2.72. The average Bonchev–Trinajstić information content (AvgIpc) is 2.93. The summed E-state index contributed by atoms with van der Waals surface area (Å²) in [6.45, 7) is 25.7. The van der Waals surface area contributed by atoms with E-state index in [1.54, 1.807) is 0 Å². The molecule has 0 bridgehead atoms. The molecule has 5 aliphatic rings. The lowest BCUT2D eigenvalue weighted by Crippen LogP contribution is -2.70. The normalized spacial score (nSPS) is 51.8. The molecule has 4 N–H and O–H groups in total. The van der Waals surface area contributed by atoms with Crippen LogP contribution in [0.15, 0.2) is 0 Å². The van der Waals surface area contributed by atoms with Crippen LogP contribution in [0.1, 0.15) is 147 Å². The first-order chi connectivity index (χ1) is 21.8. The van der Waals surface area contributed by atoms with Gasteiger partial charge in [0, 0.05) is 17.9 Å². The molecular formula is C42H76O5. The average molecular weight is 661 g/mol. The van der Waals surface area contributed by atoms with Crippen molar-refractivity contribution in [3.8, 4) is 0 Å². The minimum absolute atomic E-state index is 0.0274. The van der Waals surface area contributed by atoms with Crippen LogP contribution in [0.25, 0.3) is 0 Å². The number of rotatable bonds is 8. The Bertz CT molecular complexity index is 1050. The summed E-state index contributed by atoms with van der Waals surface area (Å²) in [7, 11) is 0. The summed E-state index contributed by atoms with van der Waals surface area (Å²) in [5, 5.41) is 46.5. The second kappa shape index (κ2) is 13.7. The Kier molecular flexibility index (Phi) is 11.1.